The molecule has 176 valence electrons. The van der Waals surface area contributed by atoms with E-state index in [0.717, 1.165) is 5.56 Å². The van der Waals surface area contributed by atoms with E-state index in [0.29, 0.717) is 18.8 Å². The van der Waals surface area contributed by atoms with E-state index in [9.17, 15) is 18.0 Å². The van der Waals surface area contributed by atoms with Crippen LogP contribution < -0.4 is 14.8 Å². The number of alkyl halides is 2. The lowest BCUT2D eigenvalue weighted by molar-refractivity contribution is -0.0498. The van der Waals surface area contributed by atoms with Crippen LogP contribution in [0, 0.1) is 5.82 Å². The maximum absolute atomic E-state index is 14.2. The Morgan fingerprint density at radius 2 is 1.69 bits per heavy atom. The van der Waals surface area contributed by atoms with Crippen molar-refractivity contribution in [1.29, 1.82) is 0 Å². The number of hydrogen-bond donors (Lipinski definition) is 1. The van der Waals surface area contributed by atoms with Crippen molar-refractivity contribution in [2.45, 2.75) is 45.8 Å². The fourth-order valence-electron chi connectivity index (χ4n) is 3.39. The van der Waals surface area contributed by atoms with E-state index >= 15 is 0 Å². The second kappa shape index (κ2) is 11.8. The normalized spacial score (nSPS) is 18.1. The Kier molecular flexibility index (Phi) is 9.46. The first-order valence-corrected chi connectivity index (χ1v) is 9.94. The van der Waals surface area contributed by atoms with Crippen LogP contribution in [0.15, 0.2) is 42.5 Å². The summed E-state index contributed by atoms with van der Waals surface area (Å²) in [7, 11) is 0. The first-order chi connectivity index (χ1) is 14.8. The van der Waals surface area contributed by atoms with Crippen LogP contribution in [0.3, 0.4) is 0 Å². The molecule has 0 unspecified atom stereocenters. The average Bonchev–Trinajstić information content (AvgIpc) is 2.72. The van der Waals surface area contributed by atoms with Crippen molar-refractivity contribution < 1.29 is 32.2 Å². The van der Waals surface area contributed by atoms with Gasteiger partial charge in [0.05, 0.1) is 0 Å². The van der Waals surface area contributed by atoms with Crippen molar-refractivity contribution in [2.75, 3.05) is 13.1 Å². The highest BCUT2D eigenvalue weighted by molar-refractivity contribution is 5.85. The van der Waals surface area contributed by atoms with Crippen LogP contribution in [0.5, 0.6) is 11.5 Å². The highest BCUT2D eigenvalue weighted by atomic mass is 35.5. The van der Waals surface area contributed by atoms with Crippen molar-refractivity contribution >= 4 is 18.5 Å². The van der Waals surface area contributed by atoms with Crippen LogP contribution in [0.25, 0.3) is 0 Å². The van der Waals surface area contributed by atoms with E-state index in [1.165, 1.54) is 30.3 Å². The molecule has 0 bridgehead atoms. The summed E-state index contributed by atoms with van der Waals surface area (Å²) in [6.45, 7) is 2.24. The van der Waals surface area contributed by atoms with Crippen molar-refractivity contribution in [1.82, 2.24) is 10.2 Å². The van der Waals surface area contributed by atoms with Gasteiger partial charge in [-0.3, -0.25) is 0 Å². The standard InChI is InChI=1S/C22H25F3N2O4.ClH/c1-14-10-26-11-15(2)27(14)22(28)30-13-17-9-19(7-8-20(17)23)29-12-16-3-5-18(6-4-16)31-21(24)25;/h3-9,14-15,21,26H,10-13H2,1-2H3;1H/t14-,15+;. The molecule has 0 saturated carbocycles. The van der Waals surface area contributed by atoms with Crippen LogP contribution in [0.1, 0.15) is 25.0 Å². The number of halogens is 4. The Hall–Kier alpha value is -2.65. The molecule has 2 atom stereocenters. The first-order valence-electron chi connectivity index (χ1n) is 9.94. The number of ether oxygens (including phenoxy) is 3. The maximum Gasteiger partial charge on any atom is 0.410 e. The van der Waals surface area contributed by atoms with Gasteiger partial charge in [-0.15, -0.1) is 12.4 Å². The summed E-state index contributed by atoms with van der Waals surface area (Å²) in [4.78, 5) is 14.1. The monoisotopic (exact) mass is 474 g/mol. The lowest BCUT2D eigenvalue weighted by atomic mass is 10.1. The minimum absolute atomic E-state index is 0. The van der Waals surface area contributed by atoms with Gasteiger partial charge in [0.1, 0.15) is 30.5 Å². The van der Waals surface area contributed by atoms with Crippen molar-refractivity contribution in [3.05, 3.63) is 59.4 Å². The Balaban J connectivity index is 0.00000363. The van der Waals surface area contributed by atoms with E-state index in [2.05, 4.69) is 10.1 Å². The number of piperazine rings is 1. The molecule has 1 N–H and O–H groups in total. The Morgan fingerprint density at radius 3 is 2.31 bits per heavy atom. The number of benzene rings is 2. The summed E-state index contributed by atoms with van der Waals surface area (Å²) >= 11 is 0. The van der Waals surface area contributed by atoms with Gasteiger partial charge < -0.3 is 24.4 Å². The third-order valence-electron chi connectivity index (χ3n) is 4.96. The number of rotatable bonds is 7. The average molecular weight is 475 g/mol. The lowest BCUT2D eigenvalue weighted by Crippen LogP contribution is -2.57. The molecule has 1 aliphatic heterocycles. The van der Waals surface area contributed by atoms with Gasteiger partial charge in [-0.25, -0.2) is 9.18 Å². The lowest BCUT2D eigenvalue weighted by Gasteiger charge is -2.38. The molecule has 10 heteroatoms. The van der Waals surface area contributed by atoms with E-state index in [1.54, 1.807) is 17.0 Å². The van der Waals surface area contributed by atoms with Crippen LogP contribution in [-0.4, -0.2) is 42.8 Å². The van der Waals surface area contributed by atoms with Gasteiger partial charge in [0.2, 0.25) is 0 Å². The van der Waals surface area contributed by atoms with Crippen molar-refractivity contribution in [2.24, 2.45) is 0 Å². The molecular weight excluding hydrogens is 449 g/mol. The molecule has 2 aromatic rings. The predicted molar refractivity (Wildman–Crippen MR) is 115 cm³/mol. The molecule has 6 nitrogen and oxygen atoms in total. The third-order valence-corrected chi connectivity index (χ3v) is 4.96. The number of nitrogens with one attached hydrogen (secondary N) is 1. The topological polar surface area (TPSA) is 60.0 Å². The van der Waals surface area contributed by atoms with Crippen LogP contribution in [-0.2, 0) is 18.0 Å². The molecule has 0 aliphatic carbocycles. The fraction of sp³-hybridized carbons (Fsp3) is 0.409. The fourth-order valence-corrected chi connectivity index (χ4v) is 3.39. The number of hydrogen-bond acceptors (Lipinski definition) is 5. The smallest absolute Gasteiger partial charge is 0.410 e. The van der Waals surface area contributed by atoms with E-state index in [1.807, 2.05) is 13.8 Å². The molecule has 3 rings (SSSR count). The van der Waals surface area contributed by atoms with Gasteiger partial charge in [-0.1, -0.05) is 12.1 Å². The zero-order valence-electron chi connectivity index (χ0n) is 17.7. The summed E-state index contributed by atoms with van der Waals surface area (Å²) in [6, 6.07) is 10.2. The quantitative estimate of drug-likeness (QED) is 0.627. The number of amides is 1. The second-order valence-corrected chi connectivity index (χ2v) is 7.38. The van der Waals surface area contributed by atoms with Gasteiger partial charge in [0, 0.05) is 30.7 Å². The summed E-state index contributed by atoms with van der Waals surface area (Å²) in [5, 5.41) is 3.23. The van der Waals surface area contributed by atoms with E-state index in [4.69, 9.17) is 9.47 Å². The van der Waals surface area contributed by atoms with Gasteiger partial charge >= 0.3 is 12.7 Å². The Labute approximate surface area is 191 Å². The molecule has 1 fully saturated rings. The minimum atomic E-state index is -2.88. The zero-order valence-corrected chi connectivity index (χ0v) is 18.5. The summed E-state index contributed by atoms with van der Waals surface area (Å²) < 4.78 is 53.9. The van der Waals surface area contributed by atoms with Gasteiger partial charge in [-0.05, 0) is 49.7 Å². The summed E-state index contributed by atoms with van der Waals surface area (Å²) in [5.41, 5.74) is 0.919. The number of nitrogens with zero attached hydrogens (tertiary/aromatic N) is 1. The first kappa shape index (κ1) is 25.6. The Bertz CT molecular complexity index is 876. The van der Waals surface area contributed by atoms with Gasteiger partial charge in [0.15, 0.2) is 0 Å². The molecule has 0 radical (unpaired) electrons. The van der Waals surface area contributed by atoms with Gasteiger partial charge in [0.25, 0.3) is 0 Å². The van der Waals surface area contributed by atoms with Crippen molar-refractivity contribution in [3.8, 4) is 11.5 Å². The SMILES string of the molecule is C[C@@H]1CNC[C@H](C)N1C(=O)OCc1cc(OCc2ccc(OC(F)F)cc2)ccc1F.Cl. The largest absolute Gasteiger partial charge is 0.489 e. The minimum Gasteiger partial charge on any atom is -0.489 e. The highest BCUT2D eigenvalue weighted by Crippen LogP contribution is 2.21. The van der Waals surface area contributed by atoms with Crippen LogP contribution in [0.4, 0.5) is 18.0 Å². The molecule has 32 heavy (non-hydrogen) atoms. The molecule has 2 aromatic carbocycles. The molecular formula is C22H26ClF3N2O4. The number of carbonyl (C=O) groups excluding carboxylic acids is 1. The predicted octanol–water partition coefficient (Wildman–Crippen LogP) is 4.75. The third kappa shape index (κ3) is 6.93. The maximum atomic E-state index is 14.2. The summed E-state index contributed by atoms with van der Waals surface area (Å²) in [6.07, 6.45) is -0.488. The molecule has 0 aromatic heterocycles. The van der Waals surface area contributed by atoms with E-state index < -0.39 is 18.5 Å². The molecule has 0 spiro atoms. The molecule has 1 heterocycles. The molecule has 1 saturated heterocycles. The molecule has 1 aliphatic rings. The van der Waals surface area contributed by atoms with Crippen LogP contribution in [0.2, 0.25) is 0 Å². The number of carbonyl (C=O) groups is 1. The Morgan fingerprint density at radius 1 is 1.06 bits per heavy atom. The summed E-state index contributed by atoms with van der Waals surface area (Å²) in [5.74, 6) is -0.0583. The molecule has 1 amide bonds. The van der Waals surface area contributed by atoms with Crippen LogP contribution >= 0.6 is 12.4 Å². The van der Waals surface area contributed by atoms with Gasteiger partial charge in [-0.2, -0.15) is 8.78 Å². The van der Waals surface area contributed by atoms with Crippen molar-refractivity contribution in [3.63, 3.8) is 0 Å². The van der Waals surface area contributed by atoms with E-state index in [-0.39, 0.29) is 49.0 Å². The zero-order chi connectivity index (χ0) is 22.4. The second-order valence-electron chi connectivity index (χ2n) is 7.38. The highest BCUT2D eigenvalue weighted by Gasteiger charge is 2.30.